The quantitative estimate of drug-likeness (QED) is 0.0871. The Hall–Kier alpha value is -1.89. The molecule has 2 amide bonds. The molecular weight excluding hydrogens is 648 g/mol. The molecular formula is C33H58N2O12S. The smallest absolute Gasteiger partial charge is 0.251 e. The lowest BCUT2D eigenvalue weighted by Crippen LogP contribution is -2.27. The molecule has 0 spiro atoms. The number of amides is 2. The first-order valence-electron chi connectivity index (χ1n) is 16.7. The van der Waals surface area contributed by atoms with Gasteiger partial charge in [0, 0.05) is 30.2 Å². The second kappa shape index (κ2) is 35.0. The SMILES string of the molecule is CCCCOCCOCCOCCOCCOCCOCCNC(=O)c1ccc(NC(=O)CSCCOCCOCCOCCO)cc1. The molecule has 0 heterocycles. The van der Waals surface area contributed by atoms with Gasteiger partial charge in [-0.2, -0.15) is 0 Å². The van der Waals surface area contributed by atoms with Crippen molar-refractivity contribution in [3.63, 3.8) is 0 Å². The van der Waals surface area contributed by atoms with Gasteiger partial charge in [-0.3, -0.25) is 9.59 Å². The van der Waals surface area contributed by atoms with E-state index < -0.39 is 0 Å². The molecule has 14 nitrogen and oxygen atoms in total. The highest BCUT2D eigenvalue weighted by Crippen LogP contribution is 2.11. The van der Waals surface area contributed by atoms with Crippen LogP contribution in [0.2, 0.25) is 0 Å². The summed E-state index contributed by atoms with van der Waals surface area (Å²) >= 11 is 1.47. The van der Waals surface area contributed by atoms with E-state index in [2.05, 4.69) is 17.6 Å². The molecule has 0 aromatic heterocycles. The molecule has 1 rings (SSSR count). The normalized spacial score (nSPS) is 11.2. The topological polar surface area (TPSA) is 162 Å². The molecule has 278 valence electrons. The standard InChI is InChI=1S/C33H58N2O12S/c1-2-3-10-39-13-16-42-19-21-45-23-24-46-22-20-43-17-14-40-11-8-34-33(38)30-4-6-31(7-5-30)35-32(37)29-48-28-27-47-26-25-44-18-15-41-12-9-36/h4-7,36H,2-3,8-29H2,1H3,(H,34,38)(H,35,37). The van der Waals surface area contributed by atoms with Crippen LogP contribution < -0.4 is 10.6 Å². The number of carbonyl (C=O) groups excluding carboxylic acids is 2. The van der Waals surface area contributed by atoms with Crippen molar-refractivity contribution in [3.8, 4) is 0 Å². The zero-order valence-corrected chi connectivity index (χ0v) is 29.4. The fourth-order valence-electron chi connectivity index (χ4n) is 3.58. The lowest BCUT2D eigenvalue weighted by molar-refractivity contribution is -0.113. The first-order chi connectivity index (χ1) is 23.7. The number of unbranched alkanes of at least 4 members (excludes halogenated alkanes) is 1. The summed E-state index contributed by atoms with van der Waals surface area (Å²) in [6, 6.07) is 6.72. The van der Waals surface area contributed by atoms with Crippen molar-refractivity contribution >= 4 is 29.3 Å². The van der Waals surface area contributed by atoms with E-state index in [1.54, 1.807) is 24.3 Å². The van der Waals surface area contributed by atoms with E-state index >= 15 is 0 Å². The lowest BCUT2D eigenvalue weighted by atomic mass is 10.2. The summed E-state index contributed by atoms with van der Waals surface area (Å²) in [5.41, 5.74) is 1.11. The highest BCUT2D eigenvalue weighted by molar-refractivity contribution is 7.99. The molecule has 0 aliphatic carbocycles. The Morgan fingerprint density at radius 2 is 1.04 bits per heavy atom. The molecule has 0 unspecified atom stereocenters. The van der Waals surface area contributed by atoms with Gasteiger partial charge in [-0.05, 0) is 30.7 Å². The van der Waals surface area contributed by atoms with Gasteiger partial charge in [0.15, 0.2) is 0 Å². The largest absolute Gasteiger partial charge is 0.394 e. The second-order valence-corrected chi connectivity index (χ2v) is 11.1. The molecule has 0 fully saturated rings. The van der Waals surface area contributed by atoms with Crippen LogP contribution in [0.15, 0.2) is 24.3 Å². The van der Waals surface area contributed by atoms with Gasteiger partial charge in [-0.25, -0.2) is 0 Å². The Morgan fingerprint density at radius 3 is 1.52 bits per heavy atom. The highest BCUT2D eigenvalue weighted by Gasteiger charge is 2.07. The minimum absolute atomic E-state index is 0.00426. The molecule has 0 saturated heterocycles. The predicted octanol–water partition coefficient (Wildman–Crippen LogP) is 2.03. The third kappa shape index (κ3) is 29.1. The van der Waals surface area contributed by atoms with Crippen LogP contribution in [-0.4, -0.2) is 161 Å². The molecule has 0 atom stereocenters. The van der Waals surface area contributed by atoms with Crippen LogP contribution in [0.25, 0.3) is 0 Å². The van der Waals surface area contributed by atoms with Gasteiger partial charge in [0.05, 0.1) is 125 Å². The van der Waals surface area contributed by atoms with Crippen molar-refractivity contribution in [2.75, 3.05) is 149 Å². The molecule has 3 N–H and O–H groups in total. The second-order valence-electron chi connectivity index (χ2n) is 10.0. The van der Waals surface area contributed by atoms with Gasteiger partial charge in [0.1, 0.15) is 0 Å². The van der Waals surface area contributed by atoms with Gasteiger partial charge in [0.25, 0.3) is 5.91 Å². The summed E-state index contributed by atoms with van der Waals surface area (Å²) in [6.45, 7) is 11.4. The van der Waals surface area contributed by atoms with Crippen LogP contribution in [-0.2, 0) is 47.4 Å². The van der Waals surface area contributed by atoms with E-state index in [1.807, 2.05) is 0 Å². The number of thioether (sulfide) groups is 1. The van der Waals surface area contributed by atoms with Crippen molar-refractivity contribution < 1.29 is 57.3 Å². The molecule has 0 aliphatic rings. The third-order valence-corrected chi connectivity index (χ3v) is 6.97. The molecule has 0 radical (unpaired) electrons. The Bertz CT molecular complexity index is 870. The third-order valence-electron chi connectivity index (χ3n) is 6.05. The molecule has 1 aromatic rings. The van der Waals surface area contributed by atoms with E-state index in [9.17, 15) is 9.59 Å². The number of anilines is 1. The summed E-state index contributed by atoms with van der Waals surface area (Å²) in [4.78, 5) is 24.6. The number of hydrogen-bond donors (Lipinski definition) is 3. The fourth-order valence-corrected chi connectivity index (χ4v) is 4.22. The van der Waals surface area contributed by atoms with Crippen molar-refractivity contribution in [1.29, 1.82) is 0 Å². The van der Waals surface area contributed by atoms with Gasteiger partial charge in [-0.15, -0.1) is 11.8 Å². The van der Waals surface area contributed by atoms with E-state index in [1.165, 1.54) is 11.8 Å². The maximum Gasteiger partial charge on any atom is 0.251 e. The molecule has 0 aliphatic heterocycles. The van der Waals surface area contributed by atoms with Crippen molar-refractivity contribution in [2.45, 2.75) is 19.8 Å². The summed E-state index contributed by atoms with van der Waals surface area (Å²) in [5, 5.41) is 14.2. The fraction of sp³-hybridized carbons (Fsp3) is 0.758. The van der Waals surface area contributed by atoms with Crippen molar-refractivity contribution in [1.82, 2.24) is 5.32 Å². The van der Waals surface area contributed by atoms with Crippen molar-refractivity contribution in [3.05, 3.63) is 29.8 Å². The van der Waals surface area contributed by atoms with Crippen molar-refractivity contribution in [2.24, 2.45) is 0 Å². The van der Waals surface area contributed by atoms with E-state index in [4.69, 9.17) is 47.7 Å². The van der Waals surface area contributed by atoms with Crippen LogP contribution in [0.4, 0.5) is 5.69 Å². The van der Waals surface area contributed by atoms with Gasteiger partial charge < -0.3 is 58.4 Å². The van der Waals surface area contributed by atoms with Crippen LogP contribution in [0, 0.1) is 0 Å². The minimum atomic E-state index is -0.218. The average molecular weight is 707 g/mol. The maximum absolute atomic E-state index is 12.4. The van der Waals surface area contributed by atoms with E-state index in [-0.39, 0.29) is 18.4 Å². The van der Waals surface area contributed by atoms with E-state index in [0.717, 1.165) is 19.4 Å². The van der Waals surface area contributed by atoms with Crippen LogP contribution in [0.3, 0.4) is 0 Å². The predicted molar refractivity (Wildman–Crippen MR) is 184 cm³/mol. The number of nitrogens with one attached hydrogen (secondary N) is 2. The number of hydrogen-bond acceptors (Lipinski definition) is 13. The first kappa shape index (κ1) is 44.1. The van der Waals surface area contributed by atoms with Crippen LogP contribution in [0.1, 0.15) is 30.1 Å². The Morgan fingerprint density at radius 1 is 0.604 bits per heavy atom. The Labute approximate surface area is 290 Å². The van der Waals surface area contributed by atoms with E-state index in [0.29, 0.717) is 142 Å². The molecule has 0 bridgehead atoms. The summed E-state index contributed by atoms with van der Waals surface area (Å²) < 4.78 is 48.6. The number of benzene rings is 1. The number of aliphatic hydroxyl groups is 1. The average Bonchev–Trinajstić information content (AvgIpc) is 3.09. The maximum atomic E-state index is 12.4. The number of aliphatic hydroxyl groups excluding tert-OH is 1. The number of ether oxygens (including phenoxy) is 9. The number of carbonyl (C=O) groups is 2. The highest BCUT2D eigenvalue weighted by atomic mass is 32.2. The Balaban J connectivity index is 1.89. The zero-order chi connectivity index (χ0) is 34.6. The first-order valence-corrected chi connectivity index (χ1v) is 17.9. The number of rotatable bonds is 36. The minimum Gasteiger partial charge on any atom is -0.394 e. The van der Waals surface area contributed by atoms with Gasteiger partial charge in [-0.1, -0.05) is 13.3 Å². The summed E-state index contributed by atoms with van der Waals surface area (Å²) in [7, 11) is 0. The van der Waals surface area contributed by atoms with Crippen LogP contribution >= 0.6 is 11.8 Å². The molecule has 15 heteroatoms. The Kier molecular flexibility index (Phi) is 32.1. The lowest BCUT2D eigenvalue weighted by Gasteiger charge is -2.09. The molecule has 0 saturated carbocycles. The van der Waals surface area contributed by atoms with Gasteiger partial charge >= 0.3 is 0 Å². The summed E-state index contributed by atoms with van der Waals surface area (Å²) in [6.07, 6.45) is 2.21. The van der Waals surface area contributed by atoms with Gasteiger partial charge in [0.2, 0.25) is 5.91 Å². The molecule has 48 heavy (non-hydrogen) atoms. The summed E-state index contributed by atoms with van der Waals surface area (Å²) in [5.74, 6) is 0.636. The molecule has 1 aromatic carbocycles. The monoisotopic (exact) mass is 706 g/mol. The van der Waals surface area contributed by atoms with Crippen LogP contribution in [0.5, 0.6) is 0 Å². The zero-order valence-electron chi connectivity index (χ0n) is 28.6.